The van der Waals surface area contributed by atoms with Crippen molar-refractivity contribution in [3.05, 3.63) is 22.4 Å². The molecule has 0 bridgehead atoms. The summed E-state index contributed by atoms with van der Waals surface area (Å²) in [6.45, 7) is 0.624. The normalized spacial score (nSPS) is 19.0. The molecule has 0 radical (unpaired) electrons. The lowest BCUT2D eigenvalue weighted by Crippen LogP contribution is -2.47. The molecule has 1 heterocycles. The zero-order chi connectivity index (χ0) is 14.8. The number of nitrogens with zero attached hydrogens (tertiary/aromatic N) is 1. The highest BCUT2D eigenvalue weighted by Gasteiger charge is 2.37. The zero-order valence-corrected chi connectivity index (χ0v) is 12.6. The molecule has 1 unspecified atom stereocenters. The van der Waals surface area contributed by atoms with E-state index < -0.39 is 5.97 Å². The maximum atomic E-state index is 12.5. The van der Waals surface area contributed by atoms with Gasteiger partial charge in [-0.05, 0) is 43.0 Å². The van der Waals surface area contributed by atoms with Crippen molar-refractivity contribution in [3.63, 3.8) is 0 Å². The number of urea groups is 1. The fourth-order valence-electron chi connectivity index (χ4n) is 2.59. The van der Waals surface area contributed by atoms with Crippen LogP contribution in [0.4, 0.5) is 4.79 Å². The molecule has 21 heavy (non-hydrogen) atoms. The number of amides is 2. The van der Waals surface area contributed by atoms with Gasteiger partial charge in [-0.3, -0.25) is 4.79 Å². The molecular weight excluding hydrogens is 288 g/mol. The molecule has 2 aliphatic rings. The van der Waals surface area contributed by atoms with Crippen molar-refractivity contribution in [2.24, 2.45) is 5.92 Å². The minimum Gasteiger partial charge on any atom is -0.481 e. The molecule has 2 aliphatic carbocycles. The second-order valence-corrected chi connectivity index (χ2v) is 6.96. The van der Waals surface area contributed by atoms with Crippen molar-refractivity contribution >= 4 is 23.3 Å². The second-order valence-electron chi connectivity index (χ2n) is 5.93. The van der Waals surface area contributed by atoms with E-state index in [1.54, 1.807) is 11.3 Å². The van der Waals surface area contributed by atoms with Crippen LogP contribution in [0.1, 0.15) is 37.0 Å². The second kappa shape index (κ2) is 6.05. The predicted molar refractivity (Wildman–Crippen MR) is 80.2 cm³/mol. The molecule has 3 rings (SSSR count). The van der Waals surface area contributed by atoms with E-state index in [0.29, 0.717) is 18.5 Å². The molecule has 1 aromatic heterocycles. The lowest BCUT2D eigenvalue weighted by atomic mass is 10.1. The molecule has 2 fully saturated rings. The van der Waals surface area contributed by atoms with Crippen LogP contribution in [-0.2, 0) is 11.3 Å². The van der Waals surface area contributed by atoms with Crippen LogP contribution in [0, 0.1) is 5.92 Å². The number of aliphatic carboxylic acids is 1. The van der Waals surface area contributed by atoms with Crippen LogP contribution < -0.4 is 5.32 Å². The zero-order valence-electron chi connectivity index (χ0n) is 11.8. The van der Waals surface area contributed by atoms with Gasteiger partial charge in [0.15, 0.2) is 0 Å². The summed E-state index contributed by atoms with van der Waals surface area (Å²) in [5.74, 6) is -0.503. The van der Waals surface area contributed by atoms with Crippen LogP contribution in [0.2, 0.25) is 0 Å². The Kier molecular flexibility index (Phi) is 4.14. The van der Waals surface area contributed by atoms with Crippen LogP contribution in [0.5, 0.6) is 0 Å². The Hall–Kier alpha value is -1.56. The molecule has 0 aromatic carbocycles. The highest BCUT2D eigenvalue weighted by atomic mass is 32.1. The summed E-state index contributed by atoms with van der Waals surface area (Å²) in [5, 5.41) is 13.9. The van der Waals surface area contributed by atoms with Crippen LogP contribution in [0.3, 0.4) is 0 Å². The van der Waals surface area contributed by atoms with Gasteiger partial charge in [0, 0.05) is 17.0 Å². The van der Waals surface area contributed by atoms with Crippen LogP contribution in [0.15, 0.2) is 17.5 Å². The average molecular weight is 308 g/mol. The highest BCUT2D eigenvalue weighted by molar-refractivity contribution is 7.09. The van der Waals surface area contributed by atoms with E-state index in [-0.39, 0.29) is 18.5 Å². The summed E-state index contributed by atoms with van der Waals surface area (Å²) in [7, 11) is 0. The minimum absolute atomic E-state index is 0.0217. The quantitative estimate of drug-likeness (QED) is 0.813. The average Bonchev–Trinajstić information content (AvgIpc) is 3.34. The van der Waals surface area contributed by atoms with Gasteiger partial charge in [0.05, 0.1) is 13.0 Å². The maximum Gasteiger partial charge on any atom is 0.318 e. The van der Waals surface area contributed by atoms with Crippen molar-refractivity contribution in [1.29, 1.82) is 0 Å². The first-order chi connectivity index (χ1) is 10.1. The van der Waals surface area contributed by atoms with Gasteiger partial charge in [0.2, 0.25) is 0 Å². The number of carbonyl (C=O) groups is 2. The molecule has 0 saturated heterocycles. The van der Waals surface area contributed by atoms with Crippen molar-refractivity contribution in [1.82, 2.24) is 10.2 Å². The fourth-order valence-corrected chi connectivity index (χ4v) is 3.29. The number of carboxylic acids is 1. The Balaban J connectivity index is 1.61. The van der Waals surface area contributed by atoms with E-state index in [2.05, 4.69) is 5.32 Å². The summed E-state index contributed by atoms with van der Waals surface area (Å²) in [6, 6.07) is 4.00. The van der Waals surface area contributed by atoms with Gasteiger partial charge in [0.1, 0.15) is 0 Å². The highest BCUT2D eigenvalue weighted by Crippen LogP contribution is 2.35. The Morgan fingerprint density at radius 3 is 2.67 bits per heavy atom. The first-order valence-corrected chi connectivity index (χ1v) is 8.33. The Morgan fingerprint density at radius 1 is 1.38 bits per heavy atom. The molecule has 2 saturated carbocycles. The van der Waals surface area contributed by atoms with Crippen molar-refractivity contribution < 1.29 is 14.7 Å². The van der Waals surface area contributed by atoms with Gasteiger partial charge in [-0.15, -0.1) is 11.3 Å². The van der Waals surface area contributed by atoms with Gasteiger partial charge < -0.3 is 15.3 Å². The molecular formula is C15H20N2O3S. The number of hydrogen-bond donors (Lipinski definition) is 2. The van der Waals surface area contributed by atoms with Crippen LogP contribution >= 0.6 is 11.3 Å². The largest absolute Gasteiger partial charge is 0.481 e. The van der Waals surface area contributed by atoms with Gasteiger partial charge in [0.25, 0.3) is 0 Å². The third kappa shape index (κ3) is 3.97. The van der Waals surface area contributed by atoms with Gasteiger partial charge in [-0.1, -0.05) is 6.07 Å². The summed E-state index contributed by atoms with van der Waals surface area (Å²) >= 11 is 1.65. The number of thiophene rings is 1. The number of carboxylic acid groups (broad SMARTS) is 1. The number of carbonyl (C=O) groups excluding carboxylic acids is 1. The molecule has 5 nitrogen and oxygen atoms in total. The third-order valence-corrected chi connectivity index (χ3v) is 4.91. The van der Waals surface area contributed by atoms with E-state index in [1.807, 2.05) is 22.4 Å². The molecule has 2 amide bonds. The smallest absolute Gasteiger partial charge is 0.318 e. The molecule has 1 aromatic rings. The van der Waals surface area contributed by atoms with E-state index >= 15 is 0 Å². The van der Waals surface area contributed by atoms with Crippen molar-refractivity contribution in [2.45, 2.75) is 50.7 Å². The lowest BCUT2D eigenvalue weighted by Gasteiger charge is -2.25. The van der Waals surface area contributed by atoms with Gasteiger partial charge in [-0.25, -0.2) is 4.79 Å². The van der Waals surface area contributed by atoms with E-state index in [4.69, 9.17) is 5.11 Å². The number of nitrogens with one attached hydrogen (secondary N) is 1. The monoisotopic (exact) mass is 308 g/mol. The van der Waals surface area contributed by atoms with Crippen LogP contribution in [-0.4, -0.2) is 34.1 Å². The first-order valence-electron chi connectivity index (χ1n) is 7.45. The van der Waals surface area contributed by atoms with E-state index in [0.717, 1.165) is 25.7 Å². The van der Waals surface area contributed by atoms with Gasteiger partial charge >= 0.3 is 12.0 Å². The topological polar surface area (TPSA) is 69.6 Å². The summed E-state index contributed by atoms with van der Waals surface area (Å²) in [6.07, 6.45) is 4.16. The van der Waals surface area contributed by atoms with Crippen molar-refractivity contribution in [3.8, 4) is 0 Å². The Bertz CT molecular complexity index is 509. The molecule has 6 heteroatoms. The van der Waals surface area contributed by atoms with Gasteiger partial charge in [-0.2, -0.15) is 0 Å². The first kappa shape index (κ1) is 14.4. The lowest BCUT2D eigenvalue weighted by molar-refractivity contribution is -0.137. The maximum absolute atomic E-state index is 12.5. The number of hydrogen-bond acceptors (Lipinski definition) is 3. The SMILES string of the molecule is O=C(O)CC(NC(=O)N(Cc1cccs1)C1CC1)C1CC1. The fraction of sp³-hybridized carbons (Fsp3) is 0.600. The predicted octanol–water partition coefficient (Wildman–Crippen LogP) is 2.68. The van der Waals surface area contributed by atoms with Crippen molar-refractivity contribution in [2.75, 3.05) is 0 Å². The molecule has 2 N–H and O–H groups in total. The summed E-state index contributed by atoms with van der Waals surface area (Å²) < 4.78 is 0. The Labute approximate surface area is 128 Å². The standard InChI is InChI=1S/C15H20N2O3S/c18-14(19)8-13(10-3-4-10)16-15(20)17(11-5-6-11)9-12-2-1-7-21-12/h1-2,7,10-11,13H,3-6,8-9H2,(H,16,20)(H,18,19). The summed E-state index contributed by atoms with van der Waals surface area (Å²) in [5.41, 5.74) is 0. The molecule has 1 atom stereocenters. The minimum atomic E-state index is -0.844. The summed E-state index contributed by atoms with van der Waals surface area (Å²) in [4.78, 5) is 26.5. The van der Waals surface area contributed by atoms with E-state index in [9.17, 15) is 9.59 Å². The molecule has 0 spiro atoms. The third-order valence-electron chi connectivity index (χ3n) is 4.05. The molecule has 0 aliphatic heterocycles. The number of rotatable bonds is 7. The van der Waals surface area contributed by atoms with E-state index in [1.165, 1.54) is 4.88 Å². The molecule has 114 valence electrons. The Morgan fingerprint density at radius 2 is 2.14 bits per heavy atom. The van der Waals surface area contributed by atoms with Crippen LogP contribution in [0.25, 0.3) is 0 Å².